The van der Waals surface area contributed by atoms with Crippen LogP contribution in [0.15, 0.2) is 48.6 Å². The minimum absolute atomic E-state index is 0.0104. The van der Waals surface area contributed by atoms with Crippen molar-refractivity contribution in [3.05, 3.63) is 80.6 Å². The van der Waals surface area contributed by atoms with Gasteiger partial charge in [-0.25, -0.2) is 4.39 Å². The van der Waals surface area contributed by atoms with Crippen LogP contribution < -0.4 is 5.32 Å². The lowest BCUT2D eigenvalue weighted by Crippen LogP contribution is -2.29. The molecule has 2 aromatic rings. The van der Waals surface area contributed by atoms with Crippen LogP contribution in [0.5, 0.6) is 0 Å². The summed E-state index contributed by atoms with van der Waals surface area (Å²) < 4.78 is 13.6. The molecule has 0 aromatic heterocycles. The lowest BCUT2D eigenvalue weighted by Gasteiger charge is -2.37. The Balaban J connectivity index is 1.83. The van der Waals surface area contributed by atoms with Crippen LogP contribution >= 0.6 is 11.6 Å². The summed E-state index contributed by atoms with van der Waals surface area (Å²) in [6, 6.07) is 9.38. The number of nitrogens with one attached hydrogen (secondary N) is 1. The van der Waals surface area contributed by atoms with Crippen molar-refractivity contribution >= 4 is 23.0 Å². The van der Waals surface area contributed by atoms with Gasteiger partial charge in [-0.2, -0.15) is 0 Å². The second kappa shape index (κ2) is 5.60. The van der Waals surface area contributed by atoms with E-state index in [4.69, 9.17) is 11.6 Å². The molecule has 0 amide bonds. The van der Waals surface area contributed by atoms with E-state index in [1.54, 1.807) is 12.1 Å². The third kappa shape index (κ3) is 2.36. The standard InChI is InChI=1S/C18H14ClFN2O2/c19-16-9-12(22(23)24)8-15-13-5-2-6-14(13)17(21-18(15)16)10-3-1-4-11(20)7-10/h1-5,7-9,13-14,17,21H,6H2/t13-,14+,17+/m1/s1. The Kier molecular flexibility index (Phi) is 3.53. The second-order valence-corrected chi connectivity index (χ2v) is 6.59. The SMILES string of the molecule is O=[N+]([O-])c1cc(Cl)c2c(c1)[C@@H]1C=CC[C@@H]1[C@H](c1cccc(F)c1)N2. The summed E-state index contributed by atoms with van der Waals surface area (Å²) >= 11 is 6.30. The molecule has 3 atom stereocenters. The minimum atomic E-state index is -0.432. The maximum atomic E-state index is 13.6. The predicted molar refractivity (Wildman–Crippen MR) is 90.9 cm³/mol. The molecule has 1 aliphatic carbocycles. The molecule has 24 heavy (non-hydrogen) atoms. The van der Waals surface area contributed by atoms with Crippen LogP contribution in [0.2, 0.25) is 5.02 Å². The summed E-state index contributed by atoms with van der Waals surface area (Å²) in [6.07, 6.45) is 4.97. The minimum Gasteiger partial charge on any atom is -0.376 e. The van der Waals surface area contributed by atoms with E-state index in [2.05, 4.69) is 17.5 Å². The Labute approximate surface area is 143 Å². The van der Waals surface area contributed by atoms with Crippen molar-refractivity contribution in [3.8, 4) is 0 Å². The fourth-order valence-corrected chi connectivity index (χ4v) is 4.05. The number of halogens is 2. The average molecular weight is 345 g/mol. The van der Waals surface area contributed by atoms with E-state index >= 15 is 0 Å². The van der Waals surface area contributed by atoms with Crippen LogP contribution in [0, 0.1) is 21.8 Å². The molecule has 2 aliphatic rings. The number of nitrogens with zero attached hydrogens (tertiary/aromatic N) is 1. The second-order valence-electron chi connectivity index (χ2n) is 6.18. The summed E-state index contributed by atoms with van der Waals surface area (Å²) in [4.78, 5) is 10.7. The third-order valence-corrected chi connectivity index (χ3v) is 5.12. The Bertz CT molecular complexity index is 868. The van der Waals surface area contributed by atoms with Gasteiger partial charge < -0.3 is 5.32 Å². The average Bonchev–Trinajstić information content (AvgIpc) is 3.04. The van der Waals surface area contributed by atoms with Crippen LogP contribution in [0.1, 0.15) is 29.5 Å². The first kappa shape index (κ1) is 15.1. The Morgan fingerprint density at radius 2 is 2.12 bits per heavy atom. The maximum Gasteiger partial charge on any atom is 0.271 e. The predicted octanol–water partition coefficient (Wildman–Crippen LogP) is 5.21. The molecule has 0 saturated heterocycles. The number of nitro groups is 1. The summed E-state index contributed by atoms with van der Waals surface area (Å²) in [5, 5.41) is 14.8. The van der Waals surface area contributed by atoms with E-state index in [1.165, 1.54) is 18.2 Å². The smallest absolute Gasteiger partial charge is 0.271 e. The number of hydrogen-bond donors (Lipinski definition) is 1. The molecule has 0 fully saturated rings. The molecule has 0 saturated carbocycles. The van der Waals surface area contributed by atoms with Crippen LogP contribution in [-0.4, -0.2) is 4.92 Å². The zero-order valence-electron chi connectivity index (χ0n) is 12.6. The first-order valence-corrected chi connectivity index (χ1v) is 8.09. The fraction of sp³-hybridized carbons (Fsp3) is 0.222. The molecule has 0 unspecified atom stereocenters. The van der Waals surface area contributed by atoms with Crippen molar-refractivity contribution in [1.82, 2.24) is 0 Å². The highest BCUT2D eigenvalue weighted by atomic mass is 35.5. The van der Waals surface area contributed by atoms with E-state index in [0.29, 0.717) is 10.7 Å². The molecule has 4 nitrogen and oxygen atoms in total. The highest BCUT2D eigenvalue weighted by Crippen LogP contribution is 2.52. The zero-order chi connectivity index (χ0) is 16.8. The van der Waals surface area contributed by atoms with Crippen molar-refractivity contribution in [2.75, 3.05) is 5.32 Å². The lowest BCUT2D eigenvalue weighted by molar-refractivity contribution is -0.384. The van der Waals surface area contributed by atoms with Crippen molar-refractivity contribution in [3.63, 3.8) is 0 Å². The molecule has 2 aromatic carbocycles. The van der Waals surface area contributed by atoms with Gasteiger partial charge in [0.15, 0.2) is 0 Å². The van der Waals surface area contributed by atoms with Crippen molar-refractivity contribution in [2.45, 2.75) is 18.4 Å². The third-order valence-electron chi connectivity index (χ3n) is 4.82. The fourth-order valence-electron chi connectivity index (χ4n) is 3.78. The molecule has 0 bridgehead atoms. The van der Waals surface area contributed by atoms with Gasteiger partial charge in [-0.3, -0.25) is 10.1 Å². The van der Waals surface area contributed by atoms with Gasteiger partial charge in [0.1, 0.15) is 5.82 Å². The summed E-state index contributed by atoms with van der Waals surface area (Å²) in [5.41, 5.74) is 2.38. The molecule has 0 spiro atoms. The summed E-state index contributed by atoms with van der Waals surface area (Å²) in [6.45, 7) is 0. The van der Waals surface area contributed by atoms with Gasteiger partial charge >= 0.3 is 0 Å². The Morgan fingerprint density at radius 1 is 1.29 bits per heavy atom. The highest BCUT2D eigenvalue weighted by molar-refractivity contribution is 6.33. The summed E-state index contributed by atoms with van der Waals surface area (Å²) in [7, 11) is 0. The first-order chi connectivity index (χ1) is 11.5. The quantitative estimate of drug-likeness (QED) is 0.462. The van der Waals surface area contributed by atoms with Gasteiger partial charge in [-0.15, -0.1) is 0 Å². The monoisotopic (exact) mass is 344 g/mol. The van der Waals surface area contributed by atoms with Crippen LogP contribution in [-0.2, 0) is 0 Å². The van der Waals surface area contributed by atoms with E-state index in [-0.39, 0.29) is 29.4 Å². The van der Waals surface area contributed by atoms with Crippen LogP contribution in [0.25, 0.3) is 0 Å². The molecule has 1 heterocycles. The molecule has 1 aliphatic heterocycles. The van der Waals surface area contributed by atoms with E-state index in [9.17, 15) is 14.5 Å². The normalized spacial score (nSPS) is 24.2. The number of non-ortho nitro benzene ring substituents is 1. The highest BCUT2D eigenvalue weighted by Gasteiger charge is 2.39. The topological polar surface area (TPSA) is 55.2 Å². The van der Waals surface area contributed by atoms with Gasteiger partial charge in [0.2, 0.25) is 0 Å². The number of rotatable bonds is 2. The molecule has 1 N–H and O–H groups in total. The maximum absolute atomic E-state index is 13.6. The largest absolute Gasteiger partial charge is 0.376 e. The van der Waals surface area contributed by atoms with Gasteiger partial charge in [-0.05, 0) is 35.6 Å². The van der Waals surface area contributed by atoms with E-state index < -0.39 is 4.92 Å². The number of allylic oxidation sites excluding steroid dienone is 2. The molecule has 4 rings (SSSR count). The number of nitro benzene ring substituents is 1. The number of hydrogen-bond acceptors (Lipinski definition) is 3. The summed E-state index contributed by atoms with van der Waals surface area (Å²) in [5.74, 6) is -0.0679. The van der Waals surface area contributed by atoms with Crippen molar-refractivity contribution < 1.29 is 9.31 Å². The molecule has 0 radical (unpaired) electrons. The van der Waals surface area contributed by atoms with E-state index in [1.807, 2.05) is 6.07 Å². The molecule has 6 heteroatoms. The van der Waals surface area contributed by atoms with Crippen molar-refractivity contribution in [1.29, 1.82) is 0 Å². The number of benzene rings is 2. The Morgan fingerprint density at radius 3 is 2.88 bits per heavy atom. The van der Waals surface area contributed by atoms with Gasteiger partial charge in [0.25, 0.3) is 5.69 Å². The molecular formula is C18H14ClFN2O2. The van der Waals surface area contributed by atoms with Crippen molar-refractivity contribution in [2.24, 2.45) is 5.92 Å². The van der Waals surface area contributed by atoms with Gasteiger partial charge in [-0.1, -0.05) is 35.9 Å². The molecule has 122 valence electrons. The van der Waals surface area contributed by atoms with E-state index in [0.717, 1.165) is 17.5 Å². The van der Waals surface area contributed by atoms with Crippen LogP contribution in [0.4, 0.5) is 15.8 Å². The molecular weight excluding hydrogens is 331 g/mol. The number of anilines is 1. The van der Waals surface area contributed by atoms with Crippen LogP contribution in [0.3, 0.4) is 0 Å². The van der Waals surface area contributed by atoms with Gasteiger partial charge in [0, 0.05) is 18.1 Å². The lowest BCUT2D eigenvalue weighted by atomic mass is 9.77. The number of fused-ring (bicyclic) bond motifs is 3. The Hall–Kier alpha value is -2.40. The van der Waals surface area contributed by atoms with Gasteiger partial charge in [0.05, 0.1) is 21.7 Å². The zero-order valence-corrected chi connectivity index (χ0v) is 13.3. The first-order valence-electron chi connectivity index (χ1n) is 7.71.